The van der Waals surface area contributed by atoms with Crippen LogP contribution in [0.25, 0.3) is 0 Å². The third-order valence-corrected chi connectivity index (χ3v) is 2.19. The van der Waals surface area contributed by atoms with Crippen LogP contribution < -0.4 is 11.5 Å². The van der Waals surface area contributed by atoms with Gasteiger partial charge in [0.15, 0.2) is 0 Å². The van der Waals surface area contributed by atoms with E-state index in [2.05, 4.69) is 16.6 Å². The molecule has 4 N–H and O–H groups in total. The SMILES string of the molecule is COC(=O)c1cc(C#CCN)cc(N)c1C. The molecular weight excluding hydrogens is 204 g/mol. The maximum Gasteiger partial charge on any atom is 0.338 e. The molecule has 0 atom stereocenters. The van der Waals surface area contributed by atoms with E-state index in [0.717, 1.165) is 0 Å². The molecule has 4 nitrogen and oxygen atoms in total. The van der Waals surface area contributed by atoms with Crippen LogP contribution in [0.1, 0.15) is 21.5 Å². The summed E-state index contributed by atoms with van der Waals surface area (Å²) in [5.41, 5.74) is 13.4. The van der Waals surface area contributed by atoms with Gasteiger partial charge in [0, 0.05) is 11.3 Å². The van der Waals surface area contributed by atoms with Crippen LogP contribution in [0.5, 0.6) is 0 Å². The average Bonchev–Trinajstić information content (AvgIpc) is 2.29. The van der Waals surface area contributed by atoms with Gasteiger partial charge in [0.05, 0.1) is 19.2 Å². The zero-order valence-electron chi connectivity index (χ0n) is 9.33. The zero-order valence-corrected chi connectivity index (χ0v) is 9.33. The van der Waals surface area contributed by atoms with Gasteiger partial charge in [0.2, 0.25) is 0 Å². The lowest BCUT2D eigenvalue weighted by Gasteiger charge is -2.07. The minimum atomic E-state index is -0.416. The van der Waals surface area contributed by atoms with Gasteiger partial charge in [-0.15, -0.1) is 0 Å². The topological polar surface area (TPSA) is 78.3 Å². The van der Waals surface area contributed by atoms with E-state index >= 15 is 0 Å². The Morgan fingerprint density at radius 2 is 2.19 bits per heavy atom. The third kappa shape index (κ3) is 2.53. The molecule has 1 rings (SSSR count). The van der Waals surface area contributed by atoms with Gasteiger partial charge in [0.25, 0.3) is 0 Å². The molecule has 0 aliphatic carbocycles. The van der Waals surface area contributed by atoms with Crippen molar-refractivity contribution in [1.82, 2.24) is 0 Å². The minimum Gasteiger partial charge on any atom is -0.465 e. The number of esters is 1. The molecule has 0 aliphatic heterocycles. The molecule has 4 heteroatoms. The molecule has 0 aliphatic rings. The lowest BCUT2D eigenvalue weighted by atomic mass is 10.0. The van der Waals surface area contributed by atoms with Crippen molar-refractivity contribution in [2.75, 3.05) is 19.4 Å². The first-order valence-corrected chi connectivity index (χ1v) is 4.77. The fourth-order valence-electron chi connectivity index (χ4n) is 1.28. The maximum atomic E-state index is 11.5. The largest absolute Gasteiger partial charge is 0.465 e. The molecule has 16 heavy (non-hydrogen) atoms. The first kappa shape index (κ1) is 12.1. The Hall–Kier alpha value is -1.99. The summed E-state index contributed by atoms with van der Waals surface area (Å²) < 4.78 is 4.66. The smallest absolute Gasteiger partial charge is 0.338 e. The van der Waals surface area contributed by atoms with E-state index in [1.165, 1.54) is 7.11 Å². The highest BCUT2D eigenvalue weighted by molar-refractivity contribution is 5.93. The van der Waals surface area contributed by atoms with Gasteiger partial charge >= 0.3 is 5.97 Å². The highest BCUT2D eigenvalue weighted by atomic mass is 16.5. The summed E-state index contributed by atoms with van der Waals surface area (Å²) in [6, 6.07) is 3.37. The minimum absolute atomic E-state index is 0.265. The molecule has 0 bridgehead atoms. The maximum absolute atomic E-state index is 11.5. The fraction of sp³-hybridized carbons (Fsp3) is 0.250. The quantitative estimate of drug-likeness (QED) is 0.412. The van der Waals surface area contributed by atoms with Crippen molar-refractivity contribution < 1.29 is 9.53 Å². The standard InChI is InChI=1S/C12H14N2O2/c1-8-10(12(15)16-2)6-9(4-3-5-13)7-11(8)14/h6-7H,5,13-14H2,1-2H3. The summed E-state index contributed by atoms with van der Waals surface area (Å²) in [7, 11) is 1.33. The van der Waals surface area contributed by atoms with Crippen molar-refractivity contribution in [2.24, 2.45) is 5.73 Å². The Labute approximate surface area is 94.6 Å². The number of anilines is 1. The Kier molecular flexibility index (Phi) is 3.92. The summed E-state index contributed by atoms with van der Waals surface area (Å²) in [5.74, 6) is 5.12. The molecule has 1 aromatic rings. The predicted molar refractivity (Wildman–Crippen MR) is 62.9 cm³/mol. The normalized spacial score (nSPS) is 9.19. The molecule has 0 radical (unpaired) electrons. The molecule has 0 heterocycles. The van der Waals surface area contributed by atoms with Gasteiger partial charge in [0.1, 0.15) is 0 Å². The summed E-state index contributed by atoms with van der Waals surface area (Å²) >= 11 is 0. The lowest BCUT2D eigenvalue weighted by molar-refractivity contribution is 0.0600. The van der Waals surface area contributed by atoms with E-state index < -0.39 is 5.97 Å². The number of hydrogen-bond donors (Lipinski definition) is 2. The van der Waals surface area contributed by atoms with Crippen LogP contribution in [0.2, 0.25) is 0 Å². The van der Waals surface area contributed by atoms with Gasteiger partial charge in [-0.2, -0.15) is 0 Å². The molecule has 0 unspecified atom stereocenters. The molecule has 0 saturated carbocycles. The number of carbonyl (C=O) groups is 1. The van der Waals surface area contributed by atoms with Crippen molar-refractivity contribution >= 4 is 11.7 Å². The van der Waals surface area contributed by atoms with Gasteiger partial charge in [-0.25, -0.2) is 4.79 Å². The van der Waals surface area contributed by atoms with E-state index in [0.29, 0.717) is 22.4 Å². The molecule has 0 spiro atoms. The molecule has 0 amide bonds. The van der Waals surface area contributed by atoms with Gasteiger partial charge in [-0.1, -0.05) is 11.8 Å². The second-order valence-electron chi connectivity index (χ2n) is 3.24. The average molecular weight is 218 g/mol. The predicted octanol–water partition coefficient (Wildman–Crippen LogP) is 0.674. The van der Waals surface area contributed by atoms with Crippen LogP contribution in [0.3, 0.4) is 0 Å². The Morgan fingerprint density at radius 1 is 1.50 bits per heavy atom. The monoisotopic (exact) mass is 218 g/mol. The van der Waals surface area contributed by atoms with E-state index in [1.54, 1.807) is 19.1 Å². The van der Waals surface area contributed by atoms with Gasteiger partial charge in [-0.3, -0.25) is 0 Å². The number of ether oxygens (including phenoxy) is 1. The third-order valence-electron chi connectivity index (χ3n) is 2.19. The van der Waals surface area contributed by atoms with Crippen LogP contribution in [-0.4, -0.2) is 19.6 Å². The Balaban J connectivity index is 3.27. The zero-order chi connectivity index (χ0) is 12.1. The number of nitrogens with two attached hydrogens (primary N) is 2. The fourth-order valence-corrected chi connectivity index (χ4v) is 1.28. The number of hydrogen-bond acceptors (Lipinski definition) is 4. The van der Waals surface area contributed by atoms with Crippen LogP contribution in [0, 0.1) is 18.8 Å². The molecule has 0 saturated heterocycles. The van der Waals surface area contributed by atoms with Crippen LogP contribution in [0.15, 0.2) is 12.1 Å². The number of methoxy groups -OCH3 is 1. The van der Waals surface area contributed by atoms with Gasteiger partial charge < -0.3 is 16.2 Å². The first-order chi connectivity index (χ1) is 7.60. The number of rotatable bonds is 1. The van der Waals surface area contributed by atoms with E-state index in [1.807, 2.05) is 0 Å². The number of benzene rings is 1. The molecule has 0 fully saturated rings. The van der Waals surface area contributed by atoms with Crippen LogP contribution in [0.4, 0.5) is 5.69 Å². The Morgan fingerprint density at radius 3 is 2.75 bits per heavy atom. The second kappa shape index (κ2) is 5.19. The Bertz CT molecular complexity index is 470. The molecule has 0 aromatic heterocycles. The molecule has 84 valence electrons. The summed E-state index contributed by atoms with van der Waals surface area (Å²) in [5, 5.41) is 0. The summed E-state index contributed by atoms with van der Waals surface area (Å²) in [4.78, 5) is 11.5. The highest BCUT2D eigenvalue weighted by Crippen LogP contribution is 2.19. The van der Waals surface area contributed by atoms with Crippen LogP contribution in [-0.2, 0) is 4.74 Å². The van der Waals surface area contributed by atoms with Crippen molar-refractivity contribution in [3.8, 4) is 11.8 Å². The number of carbonyl (C=O) groups excluding carboxylic acids is 1. The highest BCUT2D eigenvalue weighted by Gasteiger charge is 2.12. The van der Waals surface area contributed by atoms with Crippen molar-refractivity contribution in [1.29, 1.82) is 0 Å². The molecular formula is C12H14N2O2. The van der Waals surface area contributed by atoms with E-state index in [9.17, 15) is 4.79 Å². The van der Waals surface area contributed by atoms with Gasteiger partial charge in [-0.05, 0) is 24.6 Å². The van der Waals surface area contributed by atoms with E-state index in [-0.39, 0.29) is 6.54 Å². The van der Waals surface area contributed by atoms with E-state index in [4.69, 9.17) is 11.5 Å². The second-order valence-corrected chi connectivity index (χ2v) is 3.24. The lowest BCUT2D eigenvalue weighted by Crippen LogP contribution is -2.06. The van der Waals surface area contributed by atoms with Crippen molar-refractivity contribution in [2.45, 2.75) is 6.92 Å². The first-order valence-electron chi connectivity index (χ1n) is 4.77. The van der Waals surface area contributed by atoms with Crippen molar-refractivity contribution in [3.05, 3.63) is 28.8 Å². The van der Waals surface area contributed by atoms with Crippen molar-refractivity contribution in [3.63, 3.8) is 0 Å². The number of nitrogen functional groups attached to an aromatic ring is 1. The summed E-state index contributed by atoms with van der Waals surface area (Å²) in [6.45, 7) is 2.03. The van der Waals surface area contributed by atoms with Crippen LogP contribution >= 0.6 is 0 Å². The summed E-state index contributed by atoms with van der Waals surface area (Å²) in [6.07, 6.45) is 0. The molecule has 1 aromatic carbocycles.